The normalized spacial score (nSPS) is 16.8. The maximum atomic E-state index is 12.0. The van der Waals surface area contributed by atoms with E-state index in [1.165, 1.54) is 6.39 Å². The van der Waals surface area contributed by atoms with Crippen LogP contribution in [-0.2, 0) is 11.3 Å². The molecule has 118 valence electrons. The van der Waals surface area contributed by atoms with E-state index < -0.39 is 0 Å². The van der Waals surface area contributed by atoms with Gasteiger partial charge in [-0.15, -0.1) is 0 Å². The summed E-state index contributed by atoms with van der Waals surface area (Å²) in [5.74, 6) is 1.07. The van der Waals surface area contributed by atoms with Crippen molar-refractivity contribution in [2.45, 2.75) is 13.5 Å². The summed E-state index contributed by atoms with van der Waals surface area (Å²) in [4.78, 5) is 20.5. The predicted molar refractivity (Wildman–Crippen MR) is 78.1 cm³/mol. The molecule has 1 amide bonds. The molecule has 0 aliphatic carbocycles. The van der Waals surface area contributed by atoms with Crippen LogP contribution in [-0.4, -0.2) is 58.6 Å². The molecule has 2 aromatic rings. The molecule has 0 spiro atoms. The van der Waals surface area contributed by atoms with Crippen molar-refractivity contribution in [1.29, 1.82) is 0 Å². The summed E-state index contributed by atoms with van der Waals surface area (Å²) in [6.45, 7) is 6.45. The standard InChI is InChI=1S/C14H19N5O3/c1-11-6-13(17-22-11)16-14(20)8-19-4-2-18(3-5-19)7-12-9-21-10-15-12/h6,9-10H,2-5,7-8H2,1H3,(H,16,17,20). The zero-order chi connectivity index (χ0) is 15.4. The van der Waals surface area contributed by atoms with Crippen LogP contribution in [0.4, 0.5) is 5.82 Å². The lowest BCUT2D eigenvalue weighted by Crippen LogP contribution is -2.48. The van der Waals surface area contributed by atoms with Gasteiger partial charge in [0, 0.05) is 38.8 Å². The molecular formula is C14H19N5O3. The minimum atomic E-state index is -0.0711. The Hall–Kier alpha value is -2.19. The summed E-state index contributed by atoms with van der Waals surface area (Å²) in [5, 5.41) is 6.49. The van der Waals surface area contributed by atoms with Crippen molar-refractivity contribution in [3.05, 3.63) is 30.2 Å². The lowest BCUT2D eigenvalue weighted by Gasteiger charge is -2.33. The number of piperazine rings is 1. The van der Waals surface area contributed by atoms with Crippen molar-refractivity contribution in [2.75, 3.05) is 38.0 Å². The molecule has 1 aliphatic heterocycles. The molecule has 1 N–H and O–H groups in total. The molecule has 0 unspecified atom stereocenters. The highest BCUT2D eigenvalue weighted by molar-refractivity contribution is 5.91. The fraction of sp³-hybridized carbons (Fsp3) is 0.500. The second-order valence-electron chi connectivity index (χ2n) is 5.40. The molecule has 0 saturated carbocycles. The predicted octanol–water partition coefficient (Wildman–Crippen LogP) is 0.727. The van der Waals surface area contributed by atoms with Crippen molar-refractivity contribution >= 4 is 11.7 Å². The van der Waals surface area contributed by atoms with Crippen LogP contribution in [0.15, 0.2) is 27.7 Å². The Labute approximate surface area is 128 Å². The van der Waals surface area contributed by atoms with E-state index in [0.717, 1.165) is 38.4 Å². The van der Waals surface area contributed by atoms with Crippen molar-refractivity contribution in [3.63, 3.8) is 0 Å². The molecule has 1 fully saturated rings. The first kappa shape index (κ1) is 14.7. The Bertz CT molecular complexity index is 602. The van der Waals surface area contributed by atoms with Gasteiger partial charge in [-0.25, -0.2) is 4.98 Å². The van der Waals surface area contributed by atoms with Crippen LogP contribution in [0.5, 0.6) is 0 Å². The van der Waals surface area contributed by atoms with E-state index in [-0.39, 0.29) is 5.91 Å². The Morgan fingerprint density at radius 1 is 1.32 bits per heavy atom. The van der Waals surface area contributed by atoms with Crippen LogP contribution in [0.25, 0.3) is 0 Å². The second kappa shape index (κ2) is 6.71. The van der Waals surface area contributed by atoms with Crippen LogP contribution < -0.4 is 5.32 Å². The molecule has 2 aromatic heterocycles. The minimum Gasteiger partial charge on any atom is -0.451 e. The third-order valence-electron chi connectivity index (χ3n) is 3.60. The SMILES string of the molecule is Cc1cc(NC(=O)CN2CCN(Cc3cocn3)CC2)no1. The lowest BCUT2D eigenvalue weighted by atomic mass is 10.3. The number of amides is 1. The molecule has 8 heteroatoms. The van der Waals surface area contributed by atoms with Gasteiger partial charge in [0.15, 0.2) is 12.2 Å². The second-order valence-corrected chi connectivity index (χ2v) is 5.40. The molecule has 3 rings (SSSR count). The Balaban J connectivity index is 1.40. The van der Waals surface area contributed by atoms with E-state index in [2.05, 4.69) is 25.3 Å². The monoisotopic (exact) mass is 305 g/mol. The summed E-state index contributed by atoms with van der Waals surface area (Å²) in [6.07, 6.45) is 3.11. The van der Waals surface area contributed by atoms with Gasteiger partial charge in [-0.05, 0) is 6.92 Å². The zero-order valence-corrected chi connectivity index (χ0v) is 12.5. The number of hydrogen-bond acceptors (Lipinski definition) is 7. The summed E-state index contributed by atoms with van der Waals surface area (Å²) < 4.78 is 9.89. The van der Waals surface area contributed by atoms with E-state index in [0.29, 0.717) is 18.1 Å². The highest BCUT2D eigenvalue weighted by atomic mass is 16.5. The summed E-state index contributed by atoms with van der Waals surface area (Å²) in [7, 11) is 0. The fourth-order valence-electron chi connectivity index (χ4n) is 2.46. The average Bonchev–Trinajstić information content (AvgIpc) is 3.13. The number of oxazole rings is 1. The van der Waals surface area contributed by atoms with Gasteiger partial charge in [0.1, 0.15) is 12.0 Å². The molecule has 1 saturated heterocycles. The van der Waals surface area contributed by atoms with E-state index >= 15 is 0 Å². The van der Waals surface area contributed by atoms with Gasteiger partial charge >= 0.3 is 0 Å². The lowest BCUT2D eigenvalue weighted by molar-refractivity contribution is -0.117. The Morgan fingerprint density at radius 2 is 2.09 bits per heavy atom. The summed E-state index contributed by atoms with van der Waals surface area (Å²) in [5.41, 5.74) is 0.938. The van der Waals surface area contributed by atoms with Crippen molar-refractivity contribution in [3.8, 4) is 0 Å². The van der Waals surface area contributed by atoms with E-state index in [4.69, 9.17) is 8.94 Å². The number of aromatic nitrogens is 2. The third kappa shape index (κ3) is 3.92. The highest BCUT2D eigenvalue weighted by Gasteiger charge is 2.20. The summed E-state index contributed by atoms with van der Waals surface area (Å²) in [6, 6.07) is 1.70. The van der Waals surface area contributed by atoms with Gasteiger partial charge in [0.05, 0.1) is 12.2 Å². The topological polar surface area (TPSA) is 87.6 Å². The van der Waals surface area contributed by atoms with E-state index in [1.807, 2.05) is 0 Å². The third-order valence-corrected chi connectivity index (χ3v) is 3.60. The first-order valence-electron chi connectivity index (χ1n) is 7.24. The van der Waals surface area contributed by atoms with Gasteiger partial charge in [-0.2, -0.15) is 0 Å². The van der Waals surface area contributed by atoms with E-state index in [9.17, 15) is 4.79 Å². The number of hydrogen-bond donors (Lipinski definition) is 1. The van der Waals surface area contributed by atoms with Gasteiger partial charge in [0.25, 0.3) is 0 Å². The minimum absolute atomic E-state index is 0.0711. The van der Waals surface area contributed by atoms with Gasteiger partial charge in [-0.1, -0.05) is 5.16 Å². The maximum absolute atomic E-state index is 12.0. The van der Waals surface area contributed by atoms with E-state index in [1.54, 1.807) is 19.3 Å². The van der Waals surface area contributed by atoms with Crippen molar-refractivity contribution < 1.29 is 13.7 Å². The Kier molecular flexibility index (Phi) is 4.50. The molecule has 1 aliphatic rings. The number of nitrogens with zero attached hydrogens (tertiary/aromatic N) is 4. The number of anilines is 1. The largest absolute Gasteiger partial charge is 0.451 e. The van der Waals surface area contributed by atoms with Crippen LogP contribution in [0, 0.1) is 6.92 Å². The maximum Gasteiger partial charge on any atom is 0.239 e. The van der Waals surface area contributed by atoms with Gasteiger partial charge in [-0.3, -0.25) is 14.6 Å². The molecule has 8 nitrogen and oxygen atoms in total. The summed E-state index contributed by atoms with van der Waals surface area (Å²) >= 11 is 0. The van der Waals surface area contributed by atoms with Gasteiger partial charge < -0.3 is 14.3 Å². The average molecular weight is 305 g/mol. The van der Waals surface area contributed by atoms with Crippen LogP contribution in [0.2, 0.25) is 0 Å². The molecule has 0 radical (unpaired) electrons. The highest BCUT2D eigenvalue weighted by Crippen LogP contribution is 2.09. The van der Waals surface area contributed by atoms with Crippen LogP contribution in [0.3, 0.4) is 0 Å². The number of rotatable bonds is 5. The molecule has 0 aromatic carbocycles. The first-order valence-corrected chi connectivity index (χ1v) is 7.24. The zero-order valence-electron chi connectivity index (χ0n) is 12.5. The molecule has 0 atom stereocenters. The first-order chi connectivity index (χ1) is 10.7. The quantitative estimate of drug-likeness (QED) is 0.871. The number of aryl methyl sites for hydroxylation is 1. The molecule has 0 bridgehead atoms. The van der Waals surface area contributed by atoms with Gasteiger partial charge in [0.2, 0.25) is 5.91 Å². The van der Waals surface area contributed by atoms with Crippen molar-refractivity contribution in [1.82, 2.24) is 19.9 Å². The Morgan fingerprint density at radius 3 is 2.73 bits per heavy atom. The van der Waals surface area contributed by atoms with Crippen LogP contribution >= 0.6 is 0 Å². The molecule has 3 heterocycles. The molecule has 22 heavy (non-hydrogen) atoms. The van der Waals surface area contributed by atoms with Crippen LogP contribution in [0.1, 0.15) is 11.5 Å². The number of nitrogens with one attached hydrogen (secondary N) is 1. The number of carbonyl (C=O) groups excluding carboxylic acids is 1. The number of carbonyl (C=O) groups is 1. The van der Waals surface area contributed by atoms with Crippen molar-refractivity contribution in [2.24, 2.45) is 0 Å². The molecular weight excluding hydrogens is 286 g/mol. The fourth-order valence-corrected chi connectivity index (χ4v) is 2.46. The smallest absolute Gasteiger partial charge is 0.239 e.